The summed E-state index contributed by atoms with van der Waals surface area (Å²) in [7, 11) is 0. The van der Waals surface area contributed by atoms with Gasteiger partial charge < -0.3 is 10.6 Å². The van der Waals surface area contributed by atoms with Crippen LogP contribution in [0.3, 0.4) is 0 Å². The molecule has 14 heavy (non-hydrogen) atoms. The lowest BCUT2D eigenvalue weighted by molar-refractivity contribution is -0.122. The molecule has 1 fully saturated rings. The first-order valence-corrected chi connectivity index (χ1v) is 5.38. The van der Waals surface area contributed by atoms with E-state index < -0.39 is 0 Å². The van der Waals surface area contributed by atoms with Crippen molar-refractivity contribution in [1.82, 2.24) is 4.98 Å². The van der Waals surface area contributed by atoms with E-state index in [1.807, 2.05) is 6.92 Å². The van der Waals surface area contributed by atoms with Gasteiger partial charge in [0, 0.05) is 18.0 Å². The number of aryl methyl sites for hydroxylation is 2. The Morgan fingerprint density at radius 2 is 2.21 bits per heavy atom. The molecular formula is C9H13N3OS. The van der Waals surface area contributed by atoms with Crippen molar-refractivity contribution in [3.63, 3.8) is 0 Å². The fourth-order valence-electron chi connectivity index (χ4n) is 1.41. The summed E-state index contributed by atoms with van der Waals surface area (Å²) in [5.41, 5.74) is 6.27. The summed E-state index contributed by atoms with van der Waals surface area (Å²) in [6.45, 7) is 5.51. The van der Waals surface area contributed by atoms with Gasteiger partial charge in [-0.05, 0) is 13.8 Å². The molecule has 2 heterocycles. The summed E-state index contributed by atoms with van der Waals surface area (Å²) in [6.07, 6.45) is 0. The monoisotopic (exact) mass is 211 g/mol. The number of amides is 1. The quantitative estimate of drug-likeness (QED) is 0.782. The maximum Gasteiger partial charge on any atom is 0.224 e. The standard InChI is InChI=1S/C9H13N3OS/c1-5-6(2)14-9(11-5)12-3-7(4-12)8(10)13/h7H,3-4H2,1-2H3,(H2,10,13). The molecule has 1 amide bonds. The molecule has 0 bridgehead atoms. The smallest absolute Gasteiger partial charge is 0.224 e. The van der Waals surface area contributed by atoms with Crippen molar-refractivity contribution >= 4 is 22.4 Å². The average Bonchev–Trinajstić information content (AvgIpc) is 2.27. The number of anilines is 1. The van der Waals surface area contributed by atoms with Gasteiger partial charge in [0.2, 0.25) is 5.91 Å². The van der Waals surface area contributed by atoms with Crippen LogP contribution in [0.1, 0.15) is 10.6 Å². The highest BCUT2D eigenvalue weighted by Gasteiger charge is 2.32. The minimum Gasteiger partial charge on any atom is -0.369 e. The number of hydrogen-bond acceptors (Lipinski definition) is 4. The fraction of sp³-hybridized carbons (Fsp3) is 0.556. The van der Waals surface area contributed by atoms with Crippen LogP contribution in [-0.4, -0.2) is 24.0 Å². The van der Waals surface area contributed by atoms with Crippen LogP contribution in [0.15, 0.2) is 0 Å². The SMILES string of the molecule is Cc1nc(N2CC(C(N)=O)C2)sc1C. The Labute approximate surface area is 86.7 Å². The van der Waals surface area contributed by atoms with Crippen molar-refractivity contribution in [2.24, 2.45) is 11.7 Å². The number of carbonyl (C=O) groups is 1. The average molecular weight is 211 g/mol. The van der Waals surface area contributed by atoms with Gasteiger partial charge in [-0.25, -0.2) is 4.98 Å². The number of rotatable bonds is 2. The maximum atomic E-state index is 10.8. The Kier molecular flexibility index (Phi) is 2.19. The molecule has 0 radical (unpaired) electrons. The number of carbonyl (C=O) groups excluding carboxylic acids is 1. The van der Waals surface area contributed by atoms with Gasteiger partial charge in [0.05, 0.1) is 11.6 Å². The Morgan fingerprint density at radius 1 is 1.57 bits per heavy atom. The predicted molar refractivity (Wildman–Crippen MR) is 56.5 cm³/mol. The van der Waals surface area contributed by atoms with Gasteiger partial charge in [0.15, 0.2) is 5.13 Å². The van der Waals surface area contributed by atoms with E-state index in [1.54, 1.807) is 11.3 Å². The fourth-order valence-corrected chi connectivity index (χ4v) is 2.33. The van der Waals surface area contributed by atoms with Gasteiger partial charge in [-0.2, -0.15) is 0 Å². The van der Waals surface area contributed by atoms with Crippen LogP contribution < -0.4 is 10.6 Å². The molecule has 1 aromatic heterocycles. The first-order valence-electron chi connectivity index (χ1n) is 4.56. The molecule has 1 aliphatic rings. The van der Waals surface area contributed by atoms with Crippen LogP contribution in [0.4, 0.5) is 5.13 Å². The van der Waals surface area contributed by atoms with E-state index in [0.717, 1.165) is 23.9 Å². The van der Waals surface area contributed by atoms with Gasteiger partial charge in [-0.3, -0.25) is 4.79 Å². The van der Waals surface area contributed by atoms with Crippen LogP contribution in [0.2, 0.25) is 0 Å². The molecule has 2 N–H and O–H groups in total. The van der Waals surface area contributed by atoms with Crippen LogP contribution in [-0.2, 0) is 4.79 Å². The van der Waals surface area contributed by atoms with Crippen LogP contribution in [0.5, 0.6) is 0 Å². The summed E-state index contributed by atoms with van der Waals surface area (Å²) in [5, 5.41) is 1.01. The second kappa shape index (κ2) is 3.24. The molecule has 5 heteroatoms. The number of nitrogens with zero attached hydrogens (tertiary/aromatic N) is 2. The first-order chi connectivity index (χ1) is 6.58. The van der Waals surface area contributed by atoms with E-state index in [0.29, 0.717) is 0 Å². The third-order valence-corrected chi connectivity index (χ3v) is 3.71. The Bertz CT molecular complexity index is 349. The molecular weight excluding hydrogens is 198 g/mol. The summed E-state index contributed by atoms with van der Waals surface area (Å²) in [5.74, 6) is -0.189. The number of primary amides is 1. The van der Waals surface area contributed by atoms with Crippen LogP contribution >= 0.6 is 11.3 Å². The molecule has 0 atom stereocenters. The van der Waals surface area contributed by atoms with Gasteiger partial charge >= 0.3 is 0 Å². The third-order valence-electron chi connectivity index (χ3n) is 2.57. The second-order valence-electron chi connectivity index (χ2n) is 3.64. The van der Waals surface area contributed by atoms with Crippen molar-refractivity contribution in [1.29, 1.82) is 0 Å². The molecule has 0 spiro atoms. The normalized spacial score (nSPS) is 16.9. The lowest BCUT2D eigenvalue weighted by atomic mass is 10.0. The van der Waals surface area contributed by atoms with Gasteiger partial charge in [-0.1, -0.05) is 0 Å². The first kappa shape index (κ1) is 9.45. The zero-order chi connectivity index (χ0) is 10.3. The summed E-state index contributed by atoms with van der Waals surface area (Å²) < 4.78 is 0. The zero-order valence-corrected chi connectivity index (χ0v) is 9.10. The maximum absolute atomic E-state index is 10.8. The molecule has 1 aliphatic heterocycles. The molecule has 0 unspecified atom stereocenters. The highest BCUT2D eigenvalue weighted by atomic mass is 32.1. The molecule has 1 aromatic rings. The molecule has 4 nitrogen and oxygen atoms in total. The molecule has 76 valence electrons. The van der Waals surface area contributed by atoms with E-state index in [1.165, 1.54) is 4.88 Å². The molecule has 1 saturated heterocycles. The van der Waals surface area contributed by atoms with E-state index in [-0.39, 0.29) is 11.8 Å². The Hall–Kier alpha value is -1.10. The number of thiazole rings is 1. The predicted octanol–water partition coefficient (Wildman–Crippen LogP) is 0.681. The summed E-state index contributed by atoms with van der Waals surface area (Å²) >= 11 is 1.67. The summed E-state index contributed by atoms with van der Waals surface area (Å²) in [6, 6.07) is 0. The Balaban J connectivity index is 2.03. The second-order valence-corrected chi connectivity index (χ2v) is 4.82. The van der Waals surface area contributed by atoms with Crippen molar-refractivity contribution in [2.75, 3.05) is 18.0 Å². The minimum atomic E-state index is -0.203. The zero-order valence-electron chi connectivity index (χ0n) is 8.28. The largest absolute Gasteiger partial charge is 0.369 e. The molecule has 0 aliphatic carbocycles. The van der Waals surface area contributed by atoms with E-state index in [2.05, 4.69) is 16.8 Å². The van der Waals surface area contributed by atoms with E-state index >= 15 is 0 Å². The summed E-state index contributed by atoms with van der Waals surface area (Å²) in [4.78, 5) is 18.6. The third kappa shape index (κ3) is 1.48. The van der Waals surface area contributed by atoms with Gasteiger partial charge in [-0.15, -0.1) is 11.3 Å². The van der Waals surface area contributed by atoms with Crippen molar-refractivity contribution in [2.45, 2.75) is 13.8 Å². The number of aromatic nitrogens is 1. The Morgan fingerprint density at radius 3 is 2.64 bits per heavy atom. The topological polar surface area (TPSA) is 59.2 Å². The van der Waals surface area contributed by atoms with E-state index in [9.17, 15) is 4.79 Å². The lowest BCUT2D eigenvalue weighted by Crippen LogP contribution is -2.52. The van der Waals surface area contributed by atoms with Crippen LogP contribution in [0, 0.1) is 19.8 Å². The highest BCUT2D eigenvalue weighted by molar-refractivity contribution is 7.15. The lowest BCUT2D eigenvalue weighted by Gasteiger charge is -2.36. The minimum absolute atomic E-state index is 0.0134. The van der Waals surface area contributed by atoms with Crippen LogP contribution in [0.25, 0.3) is 0 Å². The highest BCUT2D eigenvalue weighted by Crippen LogP contribution is 2.30. The van der Waals surface area contributed by atoms with E-state index in [4.69, 9.17) is 5.73 Å². The number of nitrogens with two attached hydrogens (primary N) is 1. The van der Waals surface area contributed by atoms with Gasteiger partial charge in [0.1, 0.15) is 0 Å². The number of hydrogen-bond donors (Lipinski definition) is 1. The molecule has 0 saturated carbocycles. The van der Waals surface area contributed by atoms with Gasteiger partial charge in [0.25, 0.3) is 0 Å². The molecule has 2 rings (SSSR count). The molecule has 0 aromatic carbocycles. The van der Waals surface area contributed by atoms with Crippen molar-refractivity contribution in [3.8, 4) is 0 Å². The van der Waals surface area contributed by atoms with Crippen molar-refractivity contribution < 1.29 is 4.79 Å². The van der Waals surface area contributed by atoms with Crippen molar-refractivity contribution in [3.05, 3.63) is 10.6 Å².